The smallest absolute Gasteiger partial charge is 0.164 e. The van der Waals surface area contributed by atoms with Crippen LogP contribution in [0, 0.1) is 0 Å². The zero-order chi connectivity index (χ0) is 33.5. The van der Waals surface area contributed by atoms with Gasteiger partial charge < -0.3 is 9.15 Å². The summed E-state index contributed by atoms with van der Waals surface area (Å²) in [5, 5.41) is 2.22. The van der Waals surface area contributed by atoms with Crippen LogP contribution in [0.5, 0.6) is 11.5 Å². The van der Waals surface area contributed by atoms with Crippen LogP contribution in [0.15, 0.2) is 168 Å². The van der Waals surface area contributed by atoms with Crippen molar-refractivity contribution in [3.63, 3.8) is 0 Å². The zero-order valence-corrected chi connectivity index (χ0v) is 27.2. The van der Waals surface area contributed by atoms with Crippen LogP contribution >= 0.6 is 0 Å². The fourth-order valence-corrected chi connectivity index (χ4v) is 8.19. The molecule has 9 aromatic rings. The van der Waals surface area contributed by atoms with Crippen LogP contribution in [-0.4, -0.2) is 15.0 Å². The molecular weight excluding hydrogens is 627 g/mol. The molecule has 7 aromatic carbocycles. The normalized spacial score (nSPS) is 15.3. The Morgan fingerprint density at radius 3 is 1.75 bits per heavy atom. The lowest BCUT2D eigenvalue weighted by molar-refractivity contribution is 0.436. The Labute approximate surface area is 293 Å². The van der Waals surface area contributed by atoms with Crippen LogP contribution in [-0.2, 0) is 5.41 Å². The highest BCUT2D eigenvalue weighted by molar-refractivity contribution is 6.08. The molecular formula is C46H27N3O2. The quantitative estimate of drug-likeness (QED) is 0.190. The summed E-state index contributed by atoms with van der Waals surface area (Å²) in [7, 11) is 0. The summed E-state index contributed by atoms with van der Waals surface area (Å²) in [6.07, 6.45) is 0. The Kier molecular flexibility index (Phi) is 5.81. The summed E-state index contributed by atoms with van der Waals surface area (Å²) in [4.78, 5) is 15.1. The number of nitrogens with zero attached hydrogens (tertiary/aromatic N) is 3. The number of hydrogen-bond acceptors (Lipinski definition) is 5. The second kappa shape index (κ2) is 10.6. The van der Waals surface area contributed by atoms with Crippen LogP contribution in [0.3, 0.4) is 0 Å². The van der Waals surface area contributed by atoms with E-state index in [9.17, 15) is 0 Å². The van der Waals surface area contributed by atoms with Crippen molar-refractivity contribution in [2.75, 3.05) is 0 Å². The van der Waals surface area contributed by atoms with E-state index >= 15 is 0 Å². The van der Waals surface area contributed by atoms with E-state index in [1.54, 1.807) is 0 Å². The first-order valence-corrected chi connectivity index (χ1v) is 17.1. The summed E-state index contributed by atoms with van der Waals surface area (Å²) in [5.41, 5.74) is 10.7. The molecule has 2 aliphatic rings. The maximum absolute atomic E-state index is 6.73. The Hall–Kier alpha value is -6.85. The lowest BCUT2D eigenvalue weighted by Gasteiger charge is -2.39. The van der Waals surface area contributed by atoms with Gasteiger partial charge in [-0.3, -0.25) is 0 Å². The van der Waals surface area contributed by atoms with E-state index in [-0.39, 0.29) is 0 Å². The third-order valence-corrected chi connectivity index (χ3v) is 10.4. The van der Waals surface area contributed by atoms with Crippen molar-refractivity contribution in [1.82, 2.24) is 15.0 Å². The Morgan fingerprint density at radius 1 is 0.373 bits per heavy atom. The van der Waals surface area contributed by atoms with Crippen molar-refractivity contribution in [3.8, 4) is 56.8 Å². The van der Waals surface area contributed by atoms with Crippen molar-refractivity contribution in [2.24, 2.45) is 0 Å². The number of aromatic nitrogens is 3. The van der Waals surface area contributed by atoms with Gasteiger partial charge in [0.1, 0.15) is 22.7 Å². The van der Waals surface area contributed by atoms with E-state index in [4.69, 9.17) is 24.1 Å². The van der Waals surface area contributed by atoms with E-state index in [1.165, 1.54) is 16.7 Å². The molecule has 1 spiro atoms. The highest BCUT2D eigenvalue weighted by atomic mass is 16.5. The average molecular weight is 654 g/mol. The van der Waals surface area contributed by atoms with Gasteiger partial charge in [-0.25, -0.2) is 15.0 Å². The maximum Gasteiger partial charge on any atom is 0.164 e. The first-order valence-electron chi connectivity index (χ1n) is 17.1. The Morgan fingerprint density at radius 2 is 0.980 bits per heavy atom. The van der Waals surface area contributed by atoms with Crippen molar-refractivity contribution < 1.29 is 9.15 Å². The molecule has 11 rings (SSSR count). The predicted octanol–water partition coefficient (Wildman–Crippen LogP) is 11.2. The fourth-order valence-electron chi connectivity index (χ4n) is 8.19. The van der Waals surface area contributed by atoms with Gasteiger partial charge in [0.2, 0.25) is 0 Å². The zero-order valence-electron chi connectivity index (χ0n) is 27.2. The number of fused-ring (bicyclic) bond motifs is 12. The summed E-state index contributed by atoms with van der Waals surface area (Å²) < 4.78 is 13.3. The molecule has 0 saturated carbocycles. The number of para-hydroxylation sites is 2. The molecule has 238 valence electrons. The minimum absolute atomic E-state index is 0.596. The summed E-state index contributed by atoms with van der Waals surface area (Å²) in [6, 6.07) is 56.5. The van der Waals surface area contributed by atoms with E-state index in [1.807, 2.05) is 78.9 Å². The molecule has 3 heterocycles. The molecule has 1 unspecified atom stereocenters. The standard InChI is InChI=1S/C46H27N3O2/c1-3-13-28(14-4-1)43-47-44(29-15-5-2-6-16-29)49-45(48-43)30-23-24-41-38(25-30)46(36-20-10-12-22-40(36)51-41)35-19-9-7-17-31(35)33-26-34-32-18-8-11-21-39(32)50-42(34)27-37(33)46/h1-27H. The summed E-state index contributed by atoms with van der Waals surface area (Å²) in [5.74, 6) is 3.47. The Bertz CT molecular complexity index is 2790. The largest absolute Gasteiger partial charge is 0.457 e. The van der Waals surface area contributed by atoms with E-state index in [0.29, 0.717) is 17.5 Å². The van der Waals surface area contributed by atoms with Gasteiger partial charge in [-0.05, 0) is 64.7 Å². The van der Waals surface area contributed by atoms with Gasteiger partial charge in [-0.2, -0.15) is 0 Å². The van der Waals surface area contributed by atoms with Crippen LogP contribution in [0.2, 0.25) is 0 Å². The molecule has 1 atom stereocenters. The van der Waals surface area contributed by atoms with Gasteiger partial charge >= 0.3 is 0 Å². The van der Waals surface area contributed by atoms with Crippen LogP contribution in [0.4, 0.5) is 0 Å². The monoisotopic (exact) mass is 653 g/mol. The van der Waals surface area contributed by atoms with Crippen LogP contribution in [0.1, 0.15) is 22.3 Å². The number of benzene rings is 7. The van der Waals surface area contributed by atoms with Gasteiger partial charge in [-0.1, -0.05) is 121 Å². The topological polar surface area (TPSA) is 61.0 Å². The highest BCUT2D eigenvalue weighted by Gasteiger charge is 2.51. The summed E-state index contributed by atoms with van der Waals surface area (Å²) >= 11 is 0. The van der Waals surface area contributed by atoms with Gasteiger partial charge in [0.05, 0.1) is 5.41 Å². The van der Waals surface area contributed by atoms with Crippen molar-refractivity contribution in [2.45, 2.75) is 5.41 Å². The molecule has 0 amide bonds. The molecule has 0 radical (unpaired) electrons. The van der Waals surface area contributed by atoms with Crippen LogP contribution in [0.25, 0.3) is 67.2 Å². The van der Waals surface area contributed by atoms with E-state index in [2.05, 4.69) is 84.9 Å². The molecule has 0 bridgehead atoms. The fraction of sp³-hybridized carbons (Fsp3) is 0.0217. The number of rotatable bonds is 3. The van der Waals surface area contributed by atoms with Crippen molar-refractivity contribution in [3.05, 3.63) is 186 Å². The molecule has 0 N–H and O–H groups in total. The minimum Gasteiger partial charge on any atom is -0.457 e. The molecule has 0 fully saturated rings. The van der Waals surface area contributed by atoms with Crippen molar-refractivity contribution >= 4 is 21.9 Å². The Balaban J connectivity index is 1.21. The maximum atomic E-state index is 6.73. The highest BCUT2D eigenvalue weighted by Crippen LogP contribution is 2.63. The van der Waals surface area contributed by atoms with E-state index < -0.39 is 5.41 Å². The van der Waals surface area contributed by atoms with Gasteiger partial charge in [0.15, 0.2) is 17.5 Å². The summed E-state index contributed by atoms with van der Waals surface area (Å²) in [6.45, 7) is 0. The molecule has 5 heteroatoms. The lowest BCUT2D eigenvalue weighted by Crippen LogP contribution is -2.32. The van der Waals surface area contributed by atoms with Crippen LogP contribution < -0.4 is 4.74 Å². The van der Waals surface area contributed by atoms with Gasteiger partial charge in [0, 0.05) is 38.6 Å². The first-order chi connectivity index (χ1) is 25.3. The van der Waals surface area contributed by atoms with Crippen molar-refractivity contribution in [1.29, 1.82) is 0 Å². The second-order valence-corrected chi connectivity index (χ2v) is 13.1. The number of furan rings is 1. The van der Waals surface area contributed by atoms with E-state index in [0.717, 1.165) is 66.8 Å². The minimum atomic E-state index is -0.684. The van der Waals surface area contributed by atoms with Gasteiger partial charge in [0.25, 0.3) is 0 Å². The average Bonchev–Trinajstić information content (AvgIpc) is 3.70. The van der Waals surface area contributed by atoms with Gasteiger partial charge in [-0.15, -0.1) is 0 Å². The number of ether oxygens (including phenoxy) is 1. The predicted molar refractivity (Wildman–Crippen MR) is 201 cm³/mol. The first kappa shape index (κ1) is 28.0. The molecule has 51 heavy (non-hydrogen) atoms. The molecule has 2 aromatic heterocycles. The molecule has 1 aliphatic carbocycles. The number of hydrogen-bond donors (Lipinski definition) is 0. The SMILES string of the molecule is c1ccc(-c2nc(-c3ccccc3)nc(-c3ccc4c(c3)C3(c5ccccc5O4)c4ccccc4-c4cc5c(cc43)oc3ccccc35)n2)cc1. The second-order valence-electron chi connectivity index (χ2n) is 13.1. The molecule has 1 aliphatic heterocycles. The molecule has 5 nitrogen and oxygen atoms in total. The lowest BCUT2D eigenvalue weighted by atomic mass is 9.66. The third-order valence-electron chi connectivity index (χ3n) is 10.4. The third kappa shape index (κ3) is 4.00. The molecule has 0 saturated heterocycles.